The van der Waals surface area contributed by atoms with E-state index in [2.05, 4.69) is 9.71 Å². The van der Waals surface area contributed by atoms with Crippen LogP contribution in [0.3, 0.4) is 0 Å². The Hall–Kier alpha value is -4.32. The largest absolute Gasteiger partial charge is 0.331 e. The van der Waals surface area contributed by atoms with Crippen molar-refractivity contribution in [1.82, 2.24) is 14.3 Å². The predicted octanol–water partition coefficient (Wildman–Crippen LogP) is 3.62. The van der Waals surface area contributed by atoms with E-state index < -0.39 is 37.5 Å². The van der Waals surface area contributed by atoms with Crippen molar-refractivity contribution in [2.75, 3.05) is 0 Å². The molecule has 12 heteroatoms. The summed E-state index contributed by atoms with van der Waals surface area (Å²) < 4.78 is 43.6. The first-order chi connectivity index (χ1) is 17.6. The number of nitrogens with one attached hydrogen (secondary N) is 2. The molecule has 2 aromatic carbocycles. The highest BCUT2D eigenvalue weighted by molar-refractivity contribution is 7.91. The molecule has 1 aliphatic rings. The lowest BCUT2D eigenvalue weighted by molar-refractivity contribution is -0.385. The van der Waals surface area contributed by atoms with Crippen LogP contribution in [0.1, 0.15) is 34.5 Å². The Morgan fingerprint density at radius 3 is 2.65 bits per heavy atom. The van der Waals surface area contributed by atoms with Gasteiger partial charge < -0.3 is 9.55 Å². The Morgan fingerprint density at radius 2 is 1.97 bits per heavy atom. The molecule has 2 aromatic heterocycles. The molecule has 2 heterocycles. The van der Waals surface area contributed by atoms with Gasteiger partial charge in [0.2, 0.25) is 10.0 Å². The molecule has 10 nitrogen and oxygen atoms in total. The van der Waals surface area contributed by atoms with Crippen molar-refractivity contribution in [1.29, 1.82) is 0 Å². The number of halogens is 1. The van der Waals surface area contributed by atoms with Crippen LogP contribution in [-0.4, -0.2) is 34.0 Å². The molecule has 0 aliphatic heterocycles. The molecule has 1 amide bonds. The quantitative estimate of drug-likeness (QED) is 0.279. The summed E-state index contributed by atoms with van der Waals surface area (Å²) in [5.74, 6) is -1.72. The van der Waals surface area contributed by atoms with Gasteiger partial charge in [0.15, 0.2) is 0 Å². The summed E-state index contributed by atoms with van der Waals surface area (Å²) >= 11 is 0. The molecule has 0 spiro atoms. The van der Waals surface area contributed by atoms with E-state index in [1.165, 1.54) is 16.8 Å². The maximum absolute atomic E-state index is 14.8. The van der Waals surface area contributed by atoms with E-state index in [1.807, 2.05) is 6.92 Å². The predicted molar refractivity (Wildman–Crippen MR) is 134 cm³/mol. The summed E-state index contributed by atoms with van der Waals surface area (Å²) in [6, 6.07) is 11.3. The molecule has 0 atom stereocenters. The van der Waals surface area contributed by atoms with Crippen LogP contribution in [0.2, 0.25) is 0 Å². The zero-order chi connectivity index (χ0) is 26.5. The fourth-order valence-corrected chi connectivity index (χ4v) is 5.64. The van der Waals surface area contributed by atoms with Gasteiger partial charge in [-0.25, -0.2) is 17.5 Å². The van der Waals surface area contributed by atoms with Crippen molar-refractivity contribution in [2.24, 2.45) is 0 Å². The Morgan fingerprint density at radius 1 is 1.22 bits per heavy atom. The topological polar surface area (TPSA) is 144 Å². The van der Waals surface area contributed by atoms with E-state index in [0.717, 1.165) is 23.8 Å². The summed E-state index contributed by atoms with van der Waals surface area (Å²) in [6.07, 6.45) is 2.27. The molecule has 190 valence electrons. The molecule has 5 rings (SSSR count). The van der Waals surface area contributed by atoms with Crippen LogP contribution in [0.25, 0.3) is 22.0 Å². The third-order valence-corrected chi connectivity index (χ3v) is 8.11. The first-order valence-corrected chi connectivity index (χ1v) is 12.9. The molecule has 0 unspecified atom stereocenters. The number of nitro benzene ring substituents is 1. The van der Waals surface area contributed by atoms with Gasteiger partial charge in [0.25, 0.3) is 17.2 Å². The lowest BCUT2D eigenvalue weighted by Crippen LogP contribution is -2.35. The minimum Gasteiger partial charge on any atom is -0.331 e. The Balaban J connectivity index is 1.80. The van der Waals surface area contributed by atoms with Crippen LogP contribution >= 0.6 is 0 Å². The Labute approximate surface area is 210 Å². The lowest BCUT2D eigenvalue weighted by atomic mass is 10.0. The highest BCUT2D eigenvalue weighted by atomic mass is 32.2. The smallest absolute Gasteiger partial charge is 0.282 e. The maximum atomic E-state index is 14.8. The van der Waals surface area contributed by atoms with Crippen molar-refractivity contribution >= 4 is 32.5 Å². The van der Waals surface area contributed by atoms with E-state index in [4.69, 9.17) is 0 Å². The second kappa shape index (κ2) is 8.96. The molecule has 1 saturated carbocycles. The molecular formula is C25H21FN4O6S. The Kier molecular flexibility index (Phi) is 5.91. The van der Waals surface area contributed by atoms with Crippen molar-refractivity contribution in [3.8, 4) is 11.1 Å². The molecule has 0 radical (unpaired) electrons. The number of nitrogens with zero attached hydrogens (tertiary/aromatic N) is 2. The number of nitro groups is 1. The highest BCUT2D eigenvalue weighted by Gasteiger charge is 2.38. The van der Waals surface area contributed by atoms with Crippen molar-refractivity contribution in [3.05, 3.63) is 97.8 Å². The van der Waals surface area contributed by atoms with Gasteiger partial charge >= 0.3 is 0 Å². The normalized spacial score (nSPS) is 13.6. The summed E-state index contributed by atoms with van der Waals surface area (Å²) in [4.78, 5) is 39.6. The number of sulfonamides is 1. The van der Waals surface area contributed by atoms with E-state index >= 15 is 0 Å². The minimum absolute atomic E-state index is 0.0840. The fourth-order valence-electron chi connectivity index (χ4n) is 4.37. The van der Waals surface area contributed by atoms with Crippen LogP contribution in [0.4, 0.5) is 10.1 Å². The summed E-state index contributed by atoms with van der Waals surface area (Å²) in [5, 5.41) is 11.1. The lowest BCUT2D eigenvalue weighted by Gasteiger charge is -2.13. The SMILES string of the molecule is Cc1ccc2c(c1)c(-c1ccc[nH]c1=O)c(C(=O)NS(=O)(=O)C1CC1)n2Cc1cc([N+](=O)[O-])ccc1F. The molecule has 1 fully saturated rings. The maximum Gasteiger partial charge on any atom is 0.282 e. The van der Waals surface area contributed by atoms with Crippen LogP contribution in [-0.2, 0) is 16.6 Å². The van der Waals surface area contributed by atoms with E-state index in [0.29, 0.717) is 23.7 Å². The third-order valence-electron chi connectivity index (χ3n) is 6.29. The average molecular weight is 525 g/mol. The second-order valence-corrected chi connectivity index (χ2v) is 10.9. The van der Waals surface area contributed by atoms with E-state index in [1.54, 1.807) is 24.3 Å². The number of aromatic nitrogens is 2. The molecule has 0 saturated heterocycles. The monoisotopic (exact) mass is 524 g/mol. The second-order valence-electron chi connectivity index (χ2n) is 8.95. The zero-order valence-corrected chi connectivity index (χ0v) is 20.3. The van der Waals surface area contributed by atoms with Crippen LogP contribution < -0.4 is 10.3 Å². The van der Waals surface area contributed by atoms with Gasteiger partial charge in [0.05, 0.1) is 16.7 Å². The summed E-state index contributed by atoms with van der Waals surface area (Å²) in [5.41, 5.74) is 0.405. The van der Waals surface area contributed by atoms with Crippen LogP contribution in [0.15, 0.2) is 59.5 Å². The number of aryl methyl sites for hydroxylation is 1. The van der Waals surface area contributed by atoms with E-state index in [9.17, 15) is 32.5 Å². The minimum atomic E-state index is -3.97. The number of hydrogen-bond donors (Lipinski definition) is 2. The number of carbonyl (C=O) groups is 1. The van der Waals surface area contributed by atoms with Crippen LogP contribution in [0, 0.1) is 22.9 Å². The zero-order valence-electron chi connectivity index (χ0n) is 19.5. The first-order valence-electron chi connectivity index (χ1n) is 11.4. The number of amides is 1. The van der Waals surface area contributed by atoms with Gasteiger partial charge in [0.1, 0.15) is 11.5 Å². The van der Waals surface area contributed by atoms with Gasteiger partial charge in [0, 0.05) is 45.9 Å². The number of carbonyl (C=O) groups excluding carboxylic acids is 1. The Bertz CT molecular complexity index is 1750. The average Bonchev–Trinajstić information content (AvgIpc) is 3.65. The molecule has 1 aliphatic carbocycles. The molecule has 0 bridgehead atoms. The molecular weight excluding hydrogens is 503 g/mol. The van der Waals surface area contributed by atoms with Gasteiger partial charge in [-0.15, -0.1) is 0 Å². The number of H-pyrrole nitrogens is 1. The summed E-state index contributed by atoms with van der Waals surface area (Å²) in [7, 11) is -3.97. The number of benzene rings is 2. The number of pyridine rings is 1. The van der Waals surface area contributed by atoms with Crippen molar-refractivity contribution in [2.45, 2.75) is 31.6 Å². The molecule has 2 N–H and O–H groups in total. The number of aromatic amines is 1. The van der Waals surface area contributed by atoms with Gasteiger partial charge in [-0.2, -0.15) is 0 Å². The fraction of sp³-hybridized carbons (Fsp3) is 0.200. The number of fused-ring (bicyclic) bond motifs is 1. The van der Waals surface area contributed by atoms with Gasteiger partial charge in [-0.1, -0.05) is 11.6 Å². The number of hydrogen-bond acceptors (Lipinski definition) is 6. The third kappa shape index (κ3) is 4.51. The van der Waals surface area contributed by atoms with Gasteiger partial charge in [-0.05, 0) is 50.1 Å². The van der Waals surface area contributed by atoms with Gasteiger partial charge in [-0.3, -0.25) is 19.7 Å². The molecule has 37 heavy (non-hydrogen) atoms. The summed E-state index contributed by atoms with van der Waals surface area (Å²) in [6.45, 7) is 1.48. The molecule has 4 aromatic rings. The van der Waals surface area contributed by atoms with Crippen molar-refractivity contribution in [3.63, 3.8) is 0 Å². The standard InChI is InChI=1S/C25H21FN4O6S/c1-14-4-9-21-19(11-14)22(18-3-2-10-27-24(18)31)23(25(32)28-37(35,36)17-6-7-17)29(21)13-15-12-16(30(33)34)5-8-20(15)26/h2-5,8-12,17H,6-7,13H2,1H3,(H,27,31)(H,28,32). The number of rotatable bonds is 7. The van der Waals surface area contributed by atoms with E-state index in [-0.39, 0.29) is 34.6 Å². The highest BCUT2D eigenvalue weighted by Crippen LogP contribution is 2.36. The first kappa shape index (κ1) is 24.4. The van der Waals surface area contributed by atoms with Crippen LogP contribution in [0.5, 0.6) is 0 Å². The van der Waals surface area contributed by atoms with Crippen molar-refractivity contribution < 1.29 is 22.5 Å². The number of non-ortho nitro benzene ring substituents is 1.